The zero-order valence-corrected chi connectivity index (χ0v) is 14.1. The number of methoxy groups -OCH3 is 1. The molecule has 0 radical (unpaired) electrons. The molecule has 0 unspecified atom stereocenters. The number of nitrogens with one attached hydrogen (secondary N) is 2. The zero-order chi connectivity index (χ0) is 16.2. The van der Waals surface area contributed by atoms with Crippen molar-refractivity contribution in [3.05, 3.63) is 46.6 Å². The van der Waals surface area contributed by atoms with Gasteiger partial charge in [-0.05, 0) is 31.5 Å². The number of carbonyl (C=O) groups is 1. The van der Waals surface area contributed by atoms with E-state index in [-0.39, 0.29) is 11.9 Å². The summed E-state index contributed by atoms with van der Waals surface area (Å²) in [6.45, 7) is 3.69. The Bertz CT molecular complexity index is 659. The van der Waals surface area contributed by atoms with Crippen molar-refractivity contribution in [2.75, 3.05) is 12.5 Å². The minimum absolute atomic E-state index is 0.193. The molecule has 1 aromatic carbocycles. The van der Waals surface area contributed by atoms with Crippen LogP contribution in [-0.4, -0.2) is 23.0 Å². The molecule has 0 saturated carbocycles. The van der Waals surface area contributed by atoms with Crippen LogP contribution in [0, 0.1) is 0 Å². The quantitative estimate of drug-likeness (QED) is 0.797. The van der Waals surface area contributed by atoms with Crippen LogP contribution in [0.25, 0.3) is 0 Å². The van der Waals surface area contributed by atoms with Gasteiger partial charge in [0.15, 0.2) is 0 Å². The first-order chi connectivity index (χ1) is 10.4. The molecule has 0 aliphatic carbocycles. The van der Waals surface area contributed by atoms with Crippen LogP contribution < -0.4 is 15.6 Å². The second-order valence-corrected chi connectivity index (χ2v) is 6.05. The predicted molar refractivity (Wildman–Crippen MR) is 87.5 cm³/mol. The molecule has 22 heavy (non-hydrogen) atoms. The summed E-state index contributed by atoms with van der Waals surface area (Å²) in [6, 6.07) is 9.25. The van der Waals surface area contributed by atoms with Crippen molar-refractivity contribution < 1.29 is 9.53 Å². The highest BCUT2D eigenvalue weighted by atomic mass is 79.9. The van der Waals surface area contributed by atoms with E-state index >= 15 is 0 Å². The SMILES string of the molecule is COc1ccnc(NNC(=O)C(C)(C)c2ccc(Br)cc2)n1. The smallest absolute Gasteiger partial charge is 0.248 e. The topological polar surface area (TPSA) is 76.1 Å². The summed E-state index contributed by atoms with van der Waals surface area (Å²) < 4.78 is 5.97. The largest absolute Gasteiger partial charge is 0.481 e. The maximum Gasteiger partial charge on any atom is 0.248 e. The van der Waals surface area contributed by atoms with E-state index in [9.17, 15) is 4.79 Å². The van der Waals surface area contributed by atoms with Gasteiger partial charge in [0.2, 0.25) is 17.7 Å². The van der Waals surface area contributed by atoms with E-state index in [2.05, 4.69) is 36.7 Å². The fourth-order valence-electron chi connectivity index (χ4n) is 1.78. The third-order valence-electron chi connectivity index (χ3n) is 3.26. The fraction of sp³-hybridized carbons (Fsp3) is 0.267. The maximum absolute atomic E-state index is 12.4. The number of amides is 1. The van der Waals surface area contributed by atoms with E-state index < -0.39 is 5.41 Å². The summed E-state index contributed by atoms with van der Waals surface area (Å²) in [7, 11) is 1.52. The highest BCUT2D eigenvalue weighted by molar-refractivity contribution is 9.10. The number of anilines is 1. The minimum atomic E-state index is -0.702. The molecule has 6 nitrogen and oxygen atoms in total. The van der Waals surface area contributed by atoms with Crippen molar-refractivity contribution in [2.24, 2.45) is 0 Å². The first-order valence-electron chi connectivity index (χ1n) is 6.63. The van der Waals surface area contributed by atoms with Crippen molar-refractivity contribution >= 4 is 27.8 Å². The summed E-state index contributed by atoms with van der Waals surface area (Å²) in [5.41, 5.74) is 5.52. The van der Waals surface area contributed by atoms with Gasteiger partial charge in [0.25, 0.3) is 0 Å². The van der Waals surface area contributed by atoms with Crippen LogP contribution in [0.2, 0.25) is 0 Å². The lowest BCUT2D eigenvalue weighted by Gasteiger charge is -2.24. The molecule has 1 amide bonds. The molecule has 0 aliphatic heterocycles. The fourth-order valence-corrected chi connectivity index (χ4v) is 2.05. The van der Waals surface area contributed by atoms with E-state index in [1.165, 1.54) is 7.11 Å². The Morgan fingerprint density at radius 2 is 1.91 bits per heavy atom. The van der Waals surface area contributed by atoms with Gasteiger partial charge in [0, 0.05) is 16.7 Å². The van der Waals surface area contributed by atoms with Crippen LogP contribution in [-0.2, 0) is 10.2 Å². The maximum atomic E-state index is 12.4. The van der Waals surface area contributed by atoms with Gasteiger partial charge < -0.3 is 4.74 Å². The van der Waals surface area contributed by atoms with Crippen LogP contribution in [0.3, 0.4) is 0 Å². The van der Waals surface area contributed by atoms with Gasteiger partial charge in [-0.25, -0.2) is 4.98 Å². The molecule has 0 fully saturated rings. The summed E-state index contributed by atoms with van der Waals surface area (Å²) in [6.07, 6.45) is 1.54. The third kappa shape index (κ3) is 3.73. The summed E-state index contributed by atoms with van der Waals surface area (Å²) in [5.74, 6) is 0.486. The second kappa shape index (κ2) is 6.74. The Labute approximate surface area is 137 Å². The van der Waals surface area contributed by atoms with Gasteiger partial charge in [-0.15, -0.1) is 0 Å². The van der Waals surface area contributed by atoms with Crippen LogP contribution in [0.4, 0.5) is 5.95 Å². The third-order valence-corrected chi connectivity index (χ3v) is 3.79. The molecule has 2 N–H and O–H groups in total. The number of nitrogens with zero attached hydrogens (tertiary/aromatic N) is 2. The Kier molecular flexibility index (Phi) is 4.97. The number of halogens is 1. The molecule has 1 heterocycles. The molecular weight excluding hydrogens is 348 g/mol. The average molecular weight is 365 g/mol. The van der Waals surface area contributed by atoms with Crippen molar-refractivity contribution in [1.29, 1.82) is 0 Å². The molecular formula is C15H17BrN4O2. The molecule has 116 valence electrons. The van der Waals surface area contributed by atoms with Crippen LogP contribution in [0.1, 0.15) is 19.4 Å². The molecule has 0 bridgehead atoms. The van der Waals surface area contributed by atoms with Crippen LogP contribution in [0.15, 0.2) is 41.0 Å². The number of aromatic nitrogens is 2. The molecule has 2 rings (SSSR count). The normalized spacial score (nSPS) is 10.9. The lowest BCUT2D eigenvalue weighted by Crippen LogP contribution is -2.43. The van der Waals surface area contributed by atoms with Gasteiger partial charge in [0.1, 0.15) is 0 Å². The number of hydrogen-bond acceptors (Lipinski definition) is 5. The van der Waals surface area contributed by atoms with Crippen molar-refractivity contribution in [2.45, 2.75) is 19.3 Å². The first kappa shape index (κ1) is 16.2. The van der Waals surface area contributed by atoms with E-state index in [4.69, 9.17) is 4.74 Å². The lowest BCUT2D eigenvalue weighted by atomic mass is 9.84. The Balaban J connectivity index is 2.05. The molecule has 1 aromatic heterocycles. The van der Waals surface area contributed by atoms with Gasteiger partial charge >= 0.3 is 0 Å². The number of carbonyl (C=O) groups excluding carboxylic acids is 1. The van der Waals surface area contributed by atoms with Gasteiger partial charge in [-0.2, -0.15) is 4.98 Å². The molecule has 0 atom stereocenters. The van der Waals surface area contributed by atoms with Crippen molar-refractivity contribution in [3.63, 3.8) is 0 Å². The monoisotopic (exact) mass is 364 g/mol. The summed E-state index contributed by atoms with van der Waals surface area (Å²) in [4.78, 5) is 20.5. The standard InChI is InChI=1S/C15H17BrN4O2/c1-15(2,10-4-6-11(16)7-5-10)13(21)19-20-14-17-9-8-12(18-14)22-3/h4-9H,1-3H3,(H,19,21)(H,17,18,20). The Hall–Kier alpha value is -2.15. The number of hydrazine groups is 1. The predicted octanol–water partition coefficient (Wildman–Crippen LogP) is 2.67. The number of rotatable bonds is 5. The summed E-state index contributed by atoms with van der Waals surface area (Å²) >= 11 is 3.38. The molecule has 0 saturated heterocycles. The Morgan fingerprint density at radius 1 is 1.23 bits per heavy atom. The van der Waals surface area contributed by atoms with E-state index in [1.54, 1.807) is 12.3 Å². The van der Waals surface area contributed by atoms with Crippen LogP contribution in [0.5, 0.6) is 5.88 Å². The molecule has 2 aromatic rings. The van der Waals surface area contributed by atoms with Crippen molar-refractivity contribution in [1.82, 2.24) is 15.4 Å². The van der Waals surface area contributed by atoms with Gasteiger partial charge in [-0.1, -0.05) is 28.1 Å². The van der Waals surface area contributed by atoms with Crippen LogP contribution >= 0.6 is 15.9 Å². The number of hydrogen-bond donors (Lipinski definition) is 2. The molecule has 7 heteroatoms. The van der Waals surface area contributed by atoms with E-state index in [0.717, 1.165) is 10.0 Å². The minimum Gasteiger partial charge on any atom is -0.481 e. The highest BCUT2D eigenvalue weighted by Gasteiger charge is 2.29. The lowest BCUT2D eigenvalue weighted by molar-refractivity contribution is -0.125. The molecule has 0 spiro atoms. The highest BCUT2D eigenvalue weighted by Crippen LogP contribution is 2.25. The molecule has 0 aliphatic rings. The van der Waals surface area contributed by atoms with Crippen molar-refractivity contribution in [3.8, 4) is 5.88 Å². The average Bonchev–Trinajstić information content (AvgIpc) is 2.53. The van der Waals surface area contributed by atoms with E-state index in [0.29, 0.717) is 5.88 Å². The van der Waals surface area contributed by atoms with Gasteiger partial charge in [0.05, 0.1) is 12.5 Å². The zero-order valence-electron chi connectivity index (χ0n) is 12.6. The second-order valence-electron chi connectivity index (χ2n) is 5.13. The number of ether oxygens (including phenoxy) is 1. The first-order valence-corrected chi connectivity index (χ1v) is 7.42. The Morgan fingerprint density at radius 3 is 2.55 bits per heavy atom. The van der Waals surface area contributed by atoms with E-state index in [1.807, 2.05) is 38.1 Å². The summed E-state index contributed by atoms with van der Waals surface area (Å²) in [5, 5.41) is 0. The number of benzene rings is 1. The van der Waals surface area contributed by atoms with Gasteiger partial charge in [-0.3, -0.25) is 15.6 Å².